The lowest BCUT2D eigenvalue weighted by Gasteiger charge is -2.52. The molecular formula is C22H28O5SSi. The van der Waals surface area contributed by atoms with E-state index >= 15 is 0 Å². The Morgan fingerprint density at radius 3 is 2.31 bits per heavy atom. The molecule has 1 aromatic carbocycles. The van der Waals surface area contributed by atoms with Gasteiger partial charge in [-0.15, -0.1) is 0 Å². The van der Waals surface area contributed by atoms with E-state index in [4.69, 9.17) is 9.16 Å². The Morgan fingerprint density at radius 1 is 1.14 bits per heavy atom. The fourth-order valence-electron chi connectivity index (χ4n) is 4.12. The van der Waals surface area contributed by atoms with Gasteiger partial charge in [0.05, 0.1) is 29.4 Å². The second-order valence-corrected chi connectivity index (χ2v) is 15.0. The molecule has 3 rings (SSSR count). The first-order chi connectivity index (χ1) is 13.5. The molecule has 7 heteroatoms. The topological polar surface area (TPSA) is 69.7 Å². The summed E-state index contributed by atoms with van der Waals surface area (Å²) in [4.78, 5) is 27.6. The monoisotopic (exact) mass is 432 g/mol. The normalized spacial score (nSPS) is 30.6. The average Bonchev–Trinajstić information content (AvgIpc) is 2.64. The van der Waals surface area contributed by atoms with Crippen LogP contribution in [0.25, 0.3) is 0 Å². The van der Waals surface area contributed by atoms with E-state index in [2.05, 4.69) is 0 Å². The largest absolute Gasteiger partial charge is 0.493 e. The van der Waals surface area contributed by atoms with Gasteiger partial charge < -0.3 is 9.16 Å². The lowest BCUT2D eigenvalue weighted by molar-refractivity contribution is -0.139. The molecule has 2 aliphatic rings. The highest BCUT2D eigenvalue weighted by Crippen LogP contribution is 2.53. The van der Waals surface area contributed by atoms with E-state index in [1.807, 2.05) is 44.8 Å². The Bertz CT molecular complexity index is 928. The van der Waals surface area contributed by atoms with Crippen LogP contribution in [0.15, 0.2) is 53.1 Å². The third-order valence-corrected chi connectivity index (χ3v) is 8.77. The van der Waals surface area contributed by atoms with Crippen LogP contribution in [0.2, 0.25) is 19.6 Å². The van der Waals surface area contributed by atoms with Gasteiger partial charge in [-0.2, -0.15) is 0 Å². The summed E-state index contributed by atoms with van der Waals surface area (Å²) < 4.78 is 24.2. The van der Waals surface area contributed by atoms with E-state index in [9.17, 15) is 13.8 Å². The summed E-state index contributed by atoms with van der Waals surface area (Å²) in [6, 6.07) is 7.23. The van der Waals surface area contributed by atoms with E-state index in [0.29, 0.717) is 11.3 Å². The first-order valence-corrected chi connectivity index (χ1v) is 14.2. The average molecular weight is 433 g/mol. The van der Waals surface area contributed by atoms with Crippen molar-refractivity contribution in [3.8, 4) is 0 Å². The molecule has 0 amide bonds. The van der Waals surface area contributed by atoms with Crippen LogP contribution >= 0.6 is 0 Å². The van der Waals surface area contributed by atoms with Crippen molar-refractivity contribution in [2.24, 2.45) is 5.41 Å². The summed E-state index contributed by atoms with van der Waals surface area (Å²) in [6.45, 7) is 9.70. The molecule has 0 saturated carbocycles. The van der Waals surface area contributed by atoms with Crippen LogP contribution < -0.4 is 0 Å². The predicted octanol–water partition coefficient (Wildman–Crippen LogP) is 3.71. The van der Waals surface area contributed by atoms with Crippen molar-refractivity contribution in [2.45, 2.75) is 55.7 Å². The molecule has 29 heavy (non-hydrogen) atoms. The van der Waals surface area contributed by atoms with Gasteiger partial charge in [0.1, 0.15) is 0 Å². The molecule has 0 aromatic heterocycles. The van der Waals surface area contributed by atoms with Gasteiger partial charge in [0.2, 0.25) is 5.78 Å². The van der Waals surface area contributed by atoms with Gasteiger partial charge in [-0.1, -0.05) is 29.8 Å². The van der Waals surface area contributed by atoms with Crippen molar-refractivity contribution in [2.75, 3.05) is 7.11 Å². The Morgan fingerprint density at radius 2 is 1.76 bits per heavy atom. The molecule has 0 aliphatic heterocycles. The van der Waals surface area contributed by atoms with Gasteiger partial charge in [0.15, 0.2) is 24.6 Å². The summed E-state index contributed by atoms with van der Waals surface area (Å²) in [5, 5.41) is 0. The van der Waals surface area contributed by atoms with Gasteiger partial charge in [-0.25, -0.2) is 0 Å². The number of allylic oxidation sites excluding steroid dienone is 3. The molecule has 156 valence electrons. The van der Waals surface area contributed by atoms with Gasteiger partial charge in [-0.3, -0.25) is 13.8 Å². The van der Waals surface area contributed by atoms with E-state index in [1.54, 1.807) is 25.1 Å². The molecule has 0 fully saturated rings. The number of ether oxygens (including phenoxy) is 1. The number of carbonyl (C=O) groups is 2. The lowest BCUT2D eigenvalue weighted by atomic mass is 9.61. The van der Waals surface area contributed by atoms with Gasteiger partial charge in [-0.05, 0) is 52.0 Å². The van der Waals surface area contributed by atoms with E-state index in [0.717, 1.165) is 5.56 Å². The highest BCUT2D eigenvalue weighted by molar-refractivity contribution is 7.87. The van der Waals surface area contributed by atoms with Crippen LogP contribution in [-0.2, 0) is 29.6 Å². The quantitative estimate of drug-likeness (QED) is 0.524. The third-order valence-electron chi connectivity index (χ3n) is 5.65. The summed E-state index contributed by atoms with van der Waals surface area (Å²) in [6.07, 6.45) is 4.44. The number of hydrogen-bond donors (Lipinski definition) is 0. The molecule has 4 atom stereocenters. The van der Waals surface area contributed by atoms with Crippen molar-refractivity contribution in [1.29, 1.82) is 0 Å². The van der Waals surface area contributed by atoms with Crippen LogP contribution in [0.5, 0.6) is 0 Å². The predicted molar refractivity (Wildman–Crippen MR) is 116 cm³/mol. The minimum atomic E-state index is -2.15. The number of methoxy groups -OCH3 is 1. The van der Waals surface area contributed by atoms with Crippen molar-refractivity contribution < 1.29 is 23.0 Å². The molecule has 0 N–H and O–H groups in total. The first kappa shape index (κ1) is 21.9. The number of rotatable bonds is 5. The maximum atomic E-state index is 14.1. The van der Waals surface area contributed by atoms with Gasteiger partial charge in [0, 0.05) is 11.0 Å². The van der Waals surface area contributed by atoms with Crippen LogP contribution in [0.1, 0.15) is 18.9 Å². The standard InChI is InChI=1S/C22H28O5SSi/c1-15-9-11-16(12-10-15)28(25)22-19(27-29(4,5)6)8-7-13-21(22,2)18(23)14-17(26-3)20(22)24/h7-12,14,19H,13H2,1-6H3/t19-,21-,22-,28-/m0/s1. The van der Waals surface area contributed by atoms with Crippen LogP contribution in [-0.4, -0.2) is 42.1 Å². The van der Waals surface area contributed by atoms with Crippen LogP contribution in [0.4, 0.5) is 0 Å². The van der Waals surface area contributed by atoms with Crippen molar-refractivity contribution in [3.63, 3.8) is 0 Å². The van der Waals surface area contributed by atoms with Crippen LogP contribution in [0.3, 0.4) is 0 Å². The highest BCUT2D eigenvalue weighted by Gasteiger charge is 2.69. The smallest absolute Gasteiger partial charge is 0.220 e. The van der Waals surface area contributed by atoms with Gasteiger partial charge >= 0.3 is 0 Å². The Labute approximate surface area is 175 Å². The first-order valence-electron chi connectivity index (χ1n) is 9.65. The summed E-state index contributed by atoms with van der Waals surface area (Å²) in [7, 11) is -2.63. The number of hydrogen-bond acceptors (Lipinski definition) is 5. The zero-order valence-corrected chi connectivity index (χ0v) is 19.6. The maximum absolute atomic E-state index is 14.1. The van der Waals surface area contributed by atoms with Crippen LogP contribution in [0, 0.1) is 12.3 Å². The second kappa shape index (κ2) is 7.45. The third kappa shape index (κ3) is 3.39. The fourth-order valence-corrected chi connectivity index (χ4v) is 7.17. The molecule has 0 radical (unpaired) electrons. The zero-order chi connectivity index (χ0) is 21.6. The molecule has 2 aliphatic carbocycles. The SMILES string of the molecule is COC1=CC(=O)[C@]2(C)CC=C[C@H](O[Si](C)(C)C)[C@]2([S@@](=O)c2ccc(C)cc2)C1=O. The number of benzene rings is 1. The fraction of sp³-hybridized carbons (Fsp3) is 0.455. The second-order valence-electron chi connectivity index (χ2n) is 8.84. The maximum Gasteiger partial charge on any atom is 0.220 e. The Hall–Kier alpha value is -1.83. The minimum Gasteiger partial charge on any atom is -0.493 e. The van der Waals surface area contributed by atoms with E-state index in [-0.39, 0.29) is 11.5 Å². The molecule has 5 nitrogen and oxygen atoms in total. The Balaban J connectivity index is 2.31. The molecule has 0 saturated heterocycles. The molecule has 0 heterocycles. The molecule has 0 bridgehead atoms. The summed E-state index contributed by atoms with van der Waals surface area (Å²) in [5.74, 6) is -0.760. The minimum absolute atomic E-state index is 0.0626. The molecule has 0 unspecified atom stereocenters. The molecule has 0 spiro atoms. The number of ketones is 2. The zero-order valence-electron chi connectivity index (χ0n) is 17.8. The lowest BCUT2D eigenvalue weighted by Crippen LogP contribution is -2.69. The van der Waals surface area contributed by atoms with E-state index < -0.39 is 41.2 Å². The van der Waals surface area contributed by atoms with Crippen molar-refractivity contribution in [3.05, 3.63) is 53.8 Å². The molecular weight excluding hydrogens is 404 g/mol. The number of fused-ring (bicyclic) bond motifs is 1. The number of Topliss-reactive ketones (excluding diaryl/α,β-unsaturated/α-hetero) is 1. The molecule has 1 aromatic rings. The van der Waals surface area contributed by atoms with Gasteiger partial charge in [0.25, 0.3) is 0 Å². The van der Waals surface area contributed by atoms with E-state index in [1.165, 1.54) is 13.2 Å². The summed E-state index contributed by atoms with van der Waals surface area (Å²) in [5.41, 5.74) is -0.172. The Kier molecular flexibility index (Phi) is 5.62. The number of carbonyl (C=O) groups excluding carboxylic acids is 2. The van der Waals surface area contributed by atoms with Crippen molar-refractivity contribution in [1.82, 2.24) is 0 Å². The van der Waals surface area contributed by atoms with Crippen molar-refractivity contribution >= 4 is 30.7 Å². The highest BCUT2D eigenvalue weighted by atomic mass is 32.2. The summed E-state index contributed by atoms with van der Waals surface area (Å²) >= 11 is 0. The number of aryl methyl sites for hydroxylation is 1.